The van der Waals surface area contributed by atoms with Gasteiger partial charge in [0.1, 0.15) is 23.6 Å². The predicted octanol–water partition coefficient (Wildman–Crippen LogP) is 3.77. The number of hydrogen-bond acceptors (Lipinski definition) is 8. The lowest BCUT2D eigenvalue weighted by Gasteiger charge is -2.37. The summed E-state index contributed by atoms with van der Waals surface area (Å²) in [4.78, 5) is 27.2. The second-order valence-corrected chi connectivity index (χ2v) is 10.6. The molecular weight excluding hydrogens is 517 g/mol. The summed E-state index contributed by atoms with van der Waals surface area (Å²) in [5.74, 6) is 0.621. The predicted molar refractivity (Wildman–Crippen MR) is 138 cm³/mol. The number of allylic oxidation sites excluding steroid dienone is 1. The monoisotopic (exact) mass is 545 g/mol. The lowest BCUT2D eigenvalue weighted by atomic mass is 10.1. The molecular formula is C24H29BrFN7O2. The largest absolute Gasteiger partial charge is 0.444 e. The summed E-state index contributed by atoms with van der Waals surface area (Å²) < 4.78 is 21.5. The first kappa shape index (κ1) is 23.7. The Morgan fingerprint density at radius 1 is 1.17 bits per heavy atom. The summed E-state index contributed by atoms with van der Waals surface area (Å²) in [6.45, 7) is 9.77. The summed E-state index contributed by atoms with van der Waals surface area (Å²) in [5.41, 5.74) is 5.85. The van der Waals surface area contributed by atoms with Gasteiger partial charge in [0.15, 0.2) is 0 Å². The summed E-state index contributed by atoms with van der Waals surface area (Å²) in [6.07, 6.45) is 3.38. The maximum absolute atomic E-state index is 15.1. The number of fused-ring (bicyclic) bond motifs is 2. The van der Waals surface area contributed by atoms with E-state index in [1.807, 2.05) is 42.8 Å². The van der Waals surface area contributed by atoms with E-state index in [2.05, 4.69) is 36.2 Å². The van der Waals surface area contributed by atoms with Gasteiger partial charge in [0.2, 0.25) is 0 Å². The fraction of sp³-hybridized carbons (Fsp3) is 0.458. The first-order valence-corrected chi connectivity index (χ1v) is 12.5. The maximum atomic E-state index is 15.1. The molecule has 0 aliphatic carbocycles. The first-order chi connectivity index (χ1) is 16.7. The highest BCUT2D eigenvalue weighted by molar-refractivity contribution is 9.12. The molecule has 1 fully saturated rings. The molecule has 1 aromatic carbocycles. The normalized spacial score (nSPS) is 19.9. The molecule has 0 saturated carbocycles. The standard InChI is InChI=1S/C24H29BrFN7O2/c1-24(2,3)35-23(34)31-10-8-30(9-11-31)20-5-4-16(12-18(20)26)29-32-14-21-19(28-15-32)13-17(25)22-27-6-7-33(21)22/h4-5,12-13,15,29H,6-11,14H2,1-3H3. The molecule has 0 atom stereocenters. The van der Waals surface area contributed by atoms with Crippen LogP contribution in [0.3, 0.4) is 0 Å². The van der Waals surface area contributed by atoms with Crippen molar-refractivity contribution in [3.05, 3.63) is 46.0 Å². The van der Waals surface area contributed by atoms with Crippen LogP contribution in [0.25, 0.3) is 0 Å². The van der Waals surface area contributed by atoms with Crippen molar-refractivity contribution in [3.63, 3.8) is 0 Å². The lowest BCUT2D eigenvalue weighted by Crippen LogP contribution is -2.50. The van der Waals surface area contributed by atoms with Gasteiger partial charge >= 0.3 is 6.09 Å². The van der Waals surface area contributed by atoms with E-state index >= 15 is 4.39 Å². The molecule has 4 heterocycles. The van der Waals surface area contributed by atoms with E-state index in [1.54, 1.807) is 17.3 Å². The second kappa shape index (κ2) is 9.18. The Hall–Kier alpha value is -3.08. The molecule has 0 unspecified atom stereocenters. The minimum Gasteiger partial charge on any atom is -0.444 e. The molecule has 1 amide bonds. The lowest BCUT2D eigenvalue weighted by molar-refractivity contribution is 0.0240. The van der Waals surface area contributed by atoms with Crippen molar-refractivity contribution in [3.8, 4) is 0 Å². The smallest absolute Gasteiger partial charge is 0.410 e. The van der Waals surface area contributed by atoms with Gasteiger partial charge in [-0.3, -0.25) is 15.4 Å². The Bertz CT molecular complexity index is 1150. The number of amidine groups is 1. The van der Waals surface area contributed by atoms with Crippen LogP contribution in [0.2, 0.25) is 0 Å². The number of amides is 1. The third kappa shape index (κ3) is 5.00. The van der Waals surface area contributed by atoms with E-state index in [-0.39, 0.29) is 11.9 Å². The SMILES string of the molecule is CC(C)(C)OC(=O)N1CCN(c2ccc(NN3C=NC4=C(C3)N3CCN=C3C(Br)=C4)cc2F)CC1. The zero-order chi connectivity index (χ0) is 24.7. The molecule has 4 aliphatic heterocycles. The Balaban J connectivity index is 1.20. The zero-order valence-corrected chi connectivity index (χ0v) is 21.7. The van der Waals surface area contributed by atoms with Crippen molar-refractivity contribution < 1.29 is 13.9 Å². The fourth-order valence-corrected chi connectivity index (χ4v) is 5.01. The molecule has 0 bridgehead atoms. The number of carbonyl (C=O) groups excluding carboxylic acids is 1. The van der Waals surface area contributed by atoms with Crippen LogP contribution in [0.4, 0.5) is 20.6 Å². The van der Waals surface area contributed by atoms with Gasteiger partial charge in [0.25, 0.3) is 0 Å². The van der Waals surface area contributed by atoms with E-state index < -0.39 is 5.60 Å². The van der Waals surface area contributed by atoms with Gasteiger partial charge in [-0.25, -0.2) is 14.2 Å². The molecule has 35 heavy (non-hydrogen) atoms. The highest BCUT2D eigenvalue weighted by atomic mass is 79.9. The summed E-state index contributed by atoms with van der Waals surface area (Å²) >= 11 is 3.58. The number of rotatable bonds is 3. The Labute approximate surface area is 212 Å². The molecule has 4 aliphatic rings. The van der Waals surface area contributed by atoms with Crippen LogP contribution in [-0.4, -0.2) is 84.5 Å². The number of hydrazine groups is 1. The molecule has 1 aromatic rings. The van der Waals surface area contributed by atoms with Crippen molar-refractivity contribution >= 4 is 45.6 Å². The van der Waals surface area contributed by atoms with E-state index in [0.717, 1.165) is 34.8 Å². The average Bonchev–Trinajstić information content (AvgIpc) is 3.30. The number of halogens is 2. The number of nitrogens with one attached hydrogen (secondary N) is 1. The highest BCUT2D eigenvalue weighted by Crippen LogP contribution is 2.32. The van der Waals surface area contributed by atoms with Crippen LogP contribution in [0.5, 0.6) is 0 Å². The molecule has 0 radical (unpaired) electrons. The summed E-state index contributed by atoms with van der Waals surface area (Å²) in [7, 11) is 0. The van der Waals surface area contributed by atoms with Crippen LogP contribution in [-0.2, 0) is 4.74 Å². The van der Waals surface area contributed by atoms with E-state index in [1.165, 1.54) is 6.07 Å². The average molecular weight is 546 g/mol. The van der Waals surface area contributed by atoms with Gasteiger partial charge < -0.3 is 19.4 Å². The molecule has 1 saturated heterocycles. The number of benzene rings is 1. The topological polar surface area (TPSA) is 76.0 Å². The molecule has 0 spiro atoms. The molecule has 9 nitrogen and oxygen atoms in total. The van der Waals surface area contributed by atoms with Crippen molar-refractivity contribution in [2.45, 2.75) is 26.4 Å². The summed E-state index contributed by atoms with van der Waals surface area (Å²) in [5, 5.41) is 1.84. The highest BCUT2D eigenvalue weighted by Gasteiger charge is 2.31. The second-order valence-electron chi connectivity index (χ2n) is 9.79. The maximum Gasteiger partial charge on any atom is 0.410 e. The number of ether oxygens (including phenoxy) is 1. The minimum absolute atomic E-state index is 0.312. The van der Waals surface area contributed by atoms with Crippen LogP contribution in [0.1, 0.15) is 20.8 Å². The molecule has 11 heteroatoms. The summed E-state index contributed by atoms with van der Waals surface area (Å²) in [6, 6.07) is 5.13. The van der Waals surface area contributed by atoms with Crippen molar-refractivity contribution in [2.75, 3.05) is 56.1 Å². The van der Waals surface area contributed by atoms with Gasteiger partial charge in [0.05, 0.1) is 40.3 Å². The van der Waals surface area contributed by atoms with Gasteiger partial charge in [-0.1, -0.05) is 0 Å². The Kier molecular flexibility index (Phi) is 6.20. The first-order valence-electron chi connectivity index (χ1n) is 11.7. The van der Waals surface area contributed by atoms with Crippen LogP contribution in [0.15, 0.2) is 50.1 Å². The van der Waals surface area contributed by atoms with Crippen LogP contribution < -0.4 is 10.3 Å². The Morgan fingerprint density at radius 3 is 2.66 bits per heavy atom. The van der Waals surface area contributed by atoms with Gasteiger partial charge in [-0.05, 0) is 54.9 Å². The Morgan fingerprint density at radius 2 is 1.94 bits per heavy atom. The van der Waals surface area contributed by atoms with Crippen molar-refractivity contribution in [1.82, 2.24) is 14.8 Å². The van der Waals surface area contributed by atoms with Crippen LogP contribution >= 0.6 is 15.9 Å². The fourth-order valence-electron chi connectivity index (χ4n) is 4.46. The quantitative estimate of drug-likeness (QED) is 0.623. The molecule has 1 N–H and O–H groups in total. The van der Waals surface area contributed by atoms with Crippen molar-refractivity contribution in [2.24, 2.45) is 9.98 Å². The van der Waals surface area contributed by atoms with Gasteiger partial charge in [-0.15, -0.1) is 0 Å². The van der Waals surface area contributed by atoms with Crippen molar-refractivity contribution in [1.29, 1.82) is 0 Å². The van der Waals surface area contributed by atoms with E-state index in [4.69, 9.17) is 4.74 Å². The number of hydrogen-bond donors (Lipinski definition) is 1. The van der Waals surface area contributed by atoms with E-state index in [9.17, 15) is 4.79 Å². The number of aliphatic imine (C=N–C) groups is 2. The third-order valence-corrected chi connectivity index (χ3v) is 6.67. The van der Waals surface area contributed by atoms with Crippen LogP contribution in [0, 0.1) is 5.82 Å². The van der Waals surface area contributed by atoms with E-state index in [0.29, 0.717) is 44.1 Å². The molecule has 5 rings (SSSR count). The molecule has 0 aromatic heterocycles. The minimum atomic E-state index is -0.533. The number of anilines is 2. The van der Waals surface area contributed by atoms with Gasteiger partial charge in [-0.2, -0.15) is 0 Å². The number of carbonyl (C=O) groups is 1. The zero-order valence-electron chi connectivity index (χ0n) is 20.1. The van der Waals surface area contributed by atoms with Gasteiger partial charge in [0, 0.05) is 38.8 Å². The molecule has 186 valence electrons. The third-order valence-electron chi connectivity index (χ3n) is 6.09. The number of nitrogens with zero attached hydrogens (tertiary/aromatic N) is 6. The number of piperazine rings is 1.